The molecule has 7 nitrogen and oxygen atoms in total. The highest BCUT2D eigenvalue weighted by molar-refractivity contribution is 5.77. The van der Waals surface area contributed by atoms with Crippen LogP contribution >= 0.6 is 0 Å². The van der Waals surface area contributed by atoms with Gasteiger partial charge in [-0.15, -0.1) is 0 Å². The number of hydrogen-bond donors (Lipinski definition) is 0. The molecule has 7 heteroatoms. The van der Waals surface area contributed by atoms with E-state index in [4.69, 9.17) is 14.5 Å². The molecule has 0 unspecified atom stereocenters. The zero-order valence-electron chi connectivity index (χ0n) is 14.5. The molecule has 0 spiro atoms. The van der Waals surface area contributed by atoms with Crippen LogP contribution in [-0.4, -0.2) is 11.1 Å². The molecule has 0 aliphatic heterocycles. The van der Waals surface area contributed by atoms with Crippen molar-refractivity contribution in [3.63, 3.8) is 0 Å². The first kappa shape index (κ1) is 17.9. The summed E-state index contributed by atoms with van der Waals surface area (Å²) in [4.78, 5) is 15.7. The fourth-order valence-electron chi connectivity index (χ4n) is 2.51. The lowest BCUT2D eigenvalue weighted by Gasteiger charge is -2.02. The molecule has 0 atom stereocenters. The summed E-state index contributed by atoms with van der Waals surface area (Å²) in [6, 6.07) is 17.2. The Balaban J connectivity index is 1.70. The molecule has 0 saturated heterocycles. The Morgan fingerprint density at radius 3 is 2.85 bits per heavy atom. The molecule has 0 fully saturated rings. The van der Waals surface area contributed by atoms with Gasteiger partial charge in [-0.25, -0.2) is 0 Å². The van der Waals surface area contributed by atoms with Crippen LogP contribution in [0.2, 0.25) is 0 Å². The summed E-state index contributed by atoms with van der Waals surface area (Å²) < 4.78 is 5.68. The van der Waals surface area contributed by atoms with E-state index in [1.807, 2.05) is 13.0 Å². The van der Waals surface area contributed by atoms with Gasteiger partial charge in [0.2, 0.25) is 0 Å². The van der Waals surface area contributed by atoms with Gasteiger partial charge in [-0.05, 0) is 30.7 Å². The third-order valence-corrected chi connectivity index (χ3v) is 3.94. The summed E-state index contributed by atoms with van der Waals surface area (Å²) in [6.45, 7) is 2.02. The molecule has 0 N–H and O–H groups in total. The Morgan fingerprint density at radius 1 is 1.26 bits per heavy atom. The topological polar surface area (TPSA) is 102 Å². The SMILES string of the molecule is Cc1ccc([N+](=O)[O-])cc1-c1ccc(/C=N\OCc2ccccc2C#N)o1. The summed E-state index contributed by atoms with van der Waals surface area (Å²) in [5, 5.41) is 23.8. The number of nitro benzene ring substituents is 1. The first-order chi connectivity index (χ1) is 13.1. The Bertz CT molecular complexity index is 1050. The van der Waals surface area contributed by atoms with Gasteiger partial charge in [-0.3, -0.25) is 10.1 Å². The van der Waals surface area contributed by atoms with E-state index in [0.29, 0.717) is 22.6 Å². The van der Waals surface area contributed by atoms with Gasteiger partial charge >= 0.3 is 0 Å². The number of nitrogens with zero attached hydrogens (tertiary/aromatic N) is 3. The lowest BCUT2D eigenvalue weighted by molar-refractivity contribution is -0.384. The highest BCUT2D eigenvalue weighted by Gasteiger charge is 2.13. The van der Waals surface area contributed by atoms with Crippen LogP contribution in [-0.2, 0) is 11.4 Å². The molecular formula is C20H15N3O4. The Morgan fingerprint density at radius 2 is 2.07 bits per heavy atom. The molecule has 2 aromatic carbocycles. The molecule has 3 rings (SSSR count). The smallest absolute Gasteiger partial charge is 0.270 e. The van der Waals surface area contributed by atoms with E-state index < -0.39 is 4.92 Å². The predicted octanol–water partition coefficient (Wildman–Crippen LogP) is 4.59. The molecule has 0 aliphatic carbocycles. The molecule has 1 aromatic heterocycles. The maximum Gasteiger partial charge on any atom is 0.270 e. The van der Waals surface area contributed by atoms with E-state index in [-0.39, 0.29) is 12.3 Å². The van der Waals surface area contributed by atoms with Crippen LogP contribution < -0.4 is 0 Å². The summed E-state index contributed by atoms with van der Waals surface area (Å²) in [5.41, 5.74) is 2.79. The quantitative estimate of drug-likeness (QED) is 0.363. The van der Waals surface area contributed by atoms with E-state index in [9.17, 15) is 10.1 Å². The molecule has 0 saturated carbocycles. The van der Waals surface area contributed by atoms with Crippen molar-refractivity contribution in [2.24, 2.45) is 5.16 Å². The number of furan rings is 1. The van der Waals surface area contributed by atoms with Gasteiger partial charge in [0.15, 0.2) is 0 Å². The minimum absolute atomic E-state index is 0.00158. The van der Waals surface area contributed by atoms with Crippen LogP contribution in [0.15, 0.2) is 64.2 Å². The number of hydrogen-bond acceptors (Lipinski definition) is 6. The molecule has 0 aliphatic rings. The number of oxime groups is 1. The van der Waals surface area contributed by atoms with Crippen molar-refractivity contribution in [2.75, 3.05) is 0 Å². The average Bonchev–Trinajstić information content (AvgIpc) is 3.14. The summed E-state index contributed by atoms with van der Waals surface area (Å²) in [7, 11) is 0. The highest BCUT2D eigenvalue weighted by Crippen LogP contribution is 2.28. The standard InChI is InChI=1S/C20H15N3O4/c1-14-6-7-17(23(24)25)10-19(14)20-9-8-18(27-20)12-22-26-13-16-5-3-2-4-15(16)11-21/h2-10,12H,13H2,1H3/b22-12-. The zero-order valence-corrected chi connectivity index (χ0v) is 14.5. The maximum atomic E-state index is 11.0. The normalized spacial score (nSPS) is 10.7. The lowest BCUT2D eigenvalue weighted by atomic mass is 10.1. The first-order valence-electron chi connectivity index (χ1n) is 8.07. The minimum Gasteiger partial charge on any atom is -0.455 e. The fraction of sp³-hybridized carbons (Fsp3) is 0.100. The Labute approximate surface area is 155 Å². The van der Waals surface area contributed by atoms with Gasteiger partial charge in [0.1, 0.15) is 24.3 Å². The number of rotatable bonds is 6. The van der Waals surface area contributed by atoms with Gasteiger partial charge in [0, 0.05) is 23.3 Å². The maximum absolute atomic E-state index is 11.0. The van der Waals surface area contributed by atoms with Crippen molar-refractivity contribution in [3.8, 4) is 17.4 Å². The molecule has 0 bridgehead atoms. The van der Waals surface area contributed by atoms with Crippen molar-refractivity contribution in [2.45, 2.75) is 13.5 Å². The molecule has 134 valence electrons. The van der Waals surface area contributed by atoms with Gasteiger partial charge < -0.3 is 9.25 Å². The summed E-state index contributed by atoms with van der Waals surface area (Å²) >= 11 is 0. The van der Waals surface area contributed by atoms with E-state index in [1.54, 1.807) is 36.4 Å². The minimum atomic E-state index is -0.443. The molecule has 1 heterocycles. The highest BCUT2D eigenvalue weighted by atomic mass is 16.6. The average molecular weight is 361 g/mol. The number of nitriles is 1. The number of non-ortho nitro benzene ring substituents is 1. The summed E-state index contributed by atoms with van der Waals surface area (Å²) in [5.74, 6) is 0.956. The monoisotopic (exact) mass is 361 g/mol. The van der Waals surface area contributed by atoms with Crippen molar-refractivity contribution < 1.29 is 14.2 Å². The van der Waals surface area contributed by atoms with Crippen molar-refractivity contribution >= 4 is 11.9 Å². The van der Waals surface area contributed by atoms with Crippen LogP contribution in [0.1, 0.15) is 22.5 Å². The zero-order chi connectivity index (χ0) is 19.2. The second-order valence-corrected chi connectivity index (χ2v) is 5.74. The molecule has 0 radical (unpaired) electrons. The Kier molecular flexibility index (Phi) is 5.28. The lowest BCUT2D eigenvalue weighted by Crippen LogP contribution is -1.91. The van der Waals surface area contributed by atoms with Crippen molar-refractivity contribution in [3.05, 3.63) is 87.2 Å². The van der Waals surface area contributed by atoms with Crippen LogP contribution in [0.25, 0.3) is 11.3 Å². The van der Waals surface area contributed by atoms with Crippen molar-refractivity contribution in [1.29, 1.82) is 5.26 Å². The van der Waals surface area contributed by atoms with Gasteiger partial charge in [0.05, 0.1) is 16.6 Å². The first-order valence-corrected chi connectivity index (χ1v) is 8.07. The van der Waals surface area contributed by atoms with Crippen LogP contribution in [0.4, 0.5) is 5.69 Å². The van der Waals surface area contributed by atoms with Gasteiger partial charge in [-0.2, -0.15) is 5.26 Å². The van der Waals surface area contributed by atoms with Crippen LogP contribution in [0.3, 0.4) is 0 Å². The second-order valence-electron chi connectivity index (χ2n) is 5.74. The fourth-order valence-corrected chi connectivity index (χ4v) is 2.51. The van der Waals surface area contributed by atoms with E-state index in [0.717, 1.165) is 11.1 Å². The third-order valence-electron chi connectivity index (χ3n) is 3.94. The van der Waals surface area contributed by atoms with Gasteiger partial charge in [0.25, 0.3) is 5.69 Å². The molecular weight excluding hydrogens is 346 g/mol. The Hall–Kier alpha value is -3.92. The molecule has 27 heavy (non-hydrogen) atoms. The summed E-state index contributed by atoms with van der Waals surface area (Å²) in [6.07, 6.45) is 1.41. The molecule has 3 aromatic rings. The number of aryl methyl sites for hydroxylation is 1. The van der Waals surface area contributed by atoms with E-state index >= 15 is 0 Å². The van der Waals surface area contributed by atoms with E-state index in [2.05, 4.69) is 11.2 Å². The van der Waals surface area contributed by atoms with Gasteiger partial charge in [-0.1, -0.05) is 29.4 Å². The van der Waals surface area contributed by atoms with Crippen LogP contribution in [0, 0.1) is 28.4 Å². The largest absolute Gasteiger partial charge is 0.455 e. The predicted molar refractivity (Wildman–Crippen MR) is 99.1 cm³/mol. The second kappa shape index (κ2) is 7.97. The number of benzene rings is 2. The van der Waals surface area contributed by atoms with Crippen LogP contribution in [0.5, 0.6) is 0 Å². The van der Waals surface area contributed by atoms with E-state index in [1.165, 1.54) is 18.3 Å². The number of nitro groups is 1. The molecule has 0 amide bonds. The van der Waals surface area contributed by atoms with Crippen molar-refractivity contribution in [1.82, 2.24) is 0 Å². The third kappa shape index (κ3) is 4.19.